The smallest absolute Gasteiger partial charge is 0.281 e. The highest BCUT2D eigenvalue weighted by Crippen LogP contribution is 2.27. The van der Waals surface area contributed by atoms with Gasteiger partial charge in [-0.2, -0.15) is 5.26 Å². The van der Waals surface area contributed by atoms with Crippen LogP contribution < -0.4 is 4.74 Å². The molecule has 4 nitrogen and oxygen atoms in total. The minimum absolute atomic E-state index is 0.00551. The van der Waals surface area contributed by atoms with Crippen molar-refractivity contribution in [3.05, 3.63) is 23.0 Å². The van der Waals surface area contributed by atoms with Crippen molar-refractivity contribution >= 4 is 6.29 Å². The number of ether oxygens (including phenoxy) is 1. The Morgan fingerprint density at radius 3 is 2.73 bits per heavy atom. The molecule has 0 spiro atoms. The van der Waals surface area contributed by atoms with Gasteiger partial charge in [-0.3, -0.25) is 4.79 Å². The van der Waals surface area contributed by atoms with E-state index in [4.69, 9.17) is 10.00 Å². The standard InChI is InChI=1S/C9H6F2N2O2/c1-15-7-3-13-8(9(10)11)5(2-12)6(7)4-14/h3-4,9H,1H3. The zero-order valence-corrected chi connectivity index (χ0v) is 7.70. The Morgan fingerprint density at radius 1 is 1.67 bits per heavy atom. The number of pyridine rings is 1. The van der Waals surface area contributed by atoms with E-state index in [1.165, 1.54) is 13.2 Å². The summed E-state index contributed by atoms with van der Waals surface area (Å²) in [6.45, 7) is 0. The first-order valence-electron chi connectivity index (χ1n) is 3.86. The number of nitriles is 1. The van der Waals surface area contributed by atoms with Crippen molar-refractivity contribution in [2.24, 2.45) is 0 Å². The Labute approximate surface area is 84.1 Å². The van der Waals surface area contributed by atoms with Crippen molar-refractivity contribution in [1.29, 1.82) is 5.26 Å². The molecule has 0 saturated carbocycles. The molecule has 0 saturated heterocycles. The lowest BCUT2D eigenvalue weighted by molar-refractivity contribution is 0.111. The molecule has 0 bridgehead atoms. The number of hydrogen-bond donors (Lipinski definition) is 0. The molecule has 0 unspecified atom stereocenters. The summed E-state index contributed by atoms with van der Waals surface area (Å²) in [5.74, 6) is 0.00551. The molecule has 0 aliphatic heterocycles. The number of alkyl halides is 2. The van der Waals surface area contributed by atoms with Gasteiger partial charge >= 0.3 is 0 Å². The Balaban J connectivity index is 3.50. The number of halogens is 2. The van der Waals surface area contributed by atoms with Gasteiger partial charge in [-0.25, -0.2) is 13.8 Å². The van der Waals surface area contributed by atoms with Crippen LogP contribution >= 0.6 is 0 Å². The number of aromatic nitrogens is 1. The molecule has 0 N–H and O–H groups in total. The van der Waals surface area contributed by atoms with Gasteiger partial charge in [0, 0.05) is 0 Å². The van der Waals surface area contributed by atoms with Crippen molar-refractivity contribution in [3.63, 3.8) is 0 Å². The number of rotatable bonds is 3. The highest BCUT2D eigenvalue weighted by molar-refractivity contribution is 5.83. The molecule has 0 atom stereocenters. The van der Waals surface area contributed by atoms with E-state index in [1.54, 1.807) is 0 Å². The van der Waals surface area contributed by atoms with Crippen molar-refractivity contribution in [1.82, 2.24) is 4.98 Å². The second-order valence-electron chi connectivity index (χ2n) is 2.53. The van der Waals surface area contributed by atoms with Gasteiger partial charge in [0.1, 0.15) is 17.5 Å². The second kappa shape index (κ2) is 4.46. The summed E-state index contributed by atoms with van der Waals surface area (Å²) in [5.41, 5.74) is -1.36. The van der Waals surface area contributed by atoms with E-state index in [0.717, 1.165) is 6.20 Å². The van der Waals surface area contributed by atoms with Crippen LogP contribution in [0.4, 0.5) is 8.78 Å². The van der Waals surface area contributed by atoms with Gasteiger partial charge in [-0.05, 0) is 0 Å². The number of carbonyl (C=O) groups excluding carboxylic acids is 1. The first kappa shape index (κ1) is 11.0. The predicted octanol–water partition coefficient (Wildman–Crippen LogP) is 1.71. The quantitative estimate of drug-likeness (QED) is 0.715. The maximum Gasteiger partial charge on any atom is 0.281 e. The van der Waals surface area contributed by atoms with Gasteiger partial charge in [0.25, 0.3) is 6.43 Å². The fraction of sp³-hybridized carbons (Fsp3) is 0.222. The summed E-state index contributed by atoms with van der Waals surface area (Å²) in [6, 6.07) is 1.52. The monoisotopic (exact) mass is 212 g/mol. The molecular formula is C9H6F2N2O2. The summed E-state index contributed by atoms with van der Waals surface area (Å²) in [7, 11) is 1.26. The molecule has 6 heteroatoms. The Hall–Kier alpha value is -2.03. The molecule has 15 heavy (non-hydrogen) atoms. The topological polar surface area (TPSA) is 63.0 Å². The fourth-order valence-corrected chi connectivity index (χ4v) is 1.09. The van der Waals surface area contributed by atoms with Crippen LogP contribution in [0.25, 0.3) is 0 Å². The molecule has 1 aromatic heterocycles. The van der Waals surface area contributed by atoms with Crippen LogP contribution in [0.1, 0.15) is 28.0 Å². The van der Waals surface area contributed by atoms with E-state index in [0.29, 0.717) is 6.29 Å². The molecule has 1 aromatic rings. The molecular weight excluding hydrogens is 206 g/mol. The lowest BCUT2D eigenvalue weighted by Gasteiger charge is -2.07. The van der Waals surface area contributed by atoms with Crippen LogP contribution in [-0.2, 0) is 0 Å². The molecule has 0 amide bonds. The van der Waals surface area contributed by atoms with Crippen LogP contribution in [0.2, 0.25) is 0 Å². The normalized spacial score (nSPS) is 9.80. The Morgan fingerprint density at radius 2 is 2.33 bits per heavy atom. The minimum Gasteiger partial charge on any atom is -0.494 e. The summed E-state index contributed by atoms with van der Waals surface area (Å²) in [6.07, 6.45) is -1.61. The van der Waals surface area contributed by atoms with Gasteiger partial charge < -0.3 is 4.74 Å². The summed E-state index contributed by atoms with van der Waals surface area (Å²) in [5, 5.41) is 8.66. The largest absolute Gasteiger partial charge is 0.494 e. The first-order valence-corrected chi connectivity index (χ1v) is 3.86. The van der Waals surface area contributed by atoms with Gasteiger partial charge in [-0.1, -0.05) is 0 Å². The van der Waals surface area contributed by atoms with Gasteiger partial charge in [-0.15, -0.1) is 0 Å². The summed E-state index contributed by atoms with van der Waals surface area (Å²) >= 11 is 0. The van der Waals surface area contributed by atoms with E-state index in [-0.39, 0.29) is 11.3 Å². The van der Waals surface area contributed by atoms with Gasteiger partial charge in [0.2, 0.25) is 0 Å². The molecule has 78 valence electrons. The zero-order chi connectivity index (χ0) is 11.4. The average Bonchev–Trinajstić information content (AvgIpc) is 2.26. The lowest BCUT2D eigenvalue weighted by atomic mass is 10.1. The van der Waals surface area contributed by atoms with Gasteiger partial charge in [0.05, 0.1) is 24.4 Å². The molecule has 1 rings (SSSR count). The van der Waals surface area contributed by atoms with Crippen molar-refractivity contribution in [2.45, 2.75) is 6.43 Å². The third kappa shape index (κ3) is 1.91. The molecule has 0 radical (unpaired) electrons. The Kier molecular flexibility index (Phi) is 3.29. The number of nitrogens with zero attached hydrogens (tertiary/aromatic N) is 2. The molecule has 0 aliphatic rings. The van der Waals surface area contributed by atoms with Crippen LogP contribution in [0.5, 0.6) is 5.75 Å². The number of methoxy groups -OCH3 is 1. The van der Waals surface area contributed by atoms with Crippen LogP contribution in [0.15, 0.2) is 6.20 Å². The summed E-state index contributed by atoms with van der Waals surface area (Å²) < 4.78 is 29.5. The fourth-order valence-electron chi connectivity index (χ4n) is 1.09. The molecule has 0 aromatic carbocycles. The minimum atomic E-state index is -2.90. The molecule has 1 heterocycles. The zero-order valence-electron chi connectivity index (χ0n) is 7.70. The number of aldehydes is 1. The lowest BCUT2D eigenvalue weighted by Crippen LogP contribution is -2.02. The maximum absolute atomic E-state index is 12.4. The number of carbonyl (C=O) groups is 1. The van der Waals surface area contributed by atoms with E-state index in [1.807, 2.05) is 0 Å². The maximum atomic E-state index is 12.4. The van der Waals surface area contributed by atoms with Gasteiger partial charge in [0.15, 0.2) is 6.29 Å². The molecule has 0 fully saturated rings. The number of hydrogen-bond acceptors (Lipinski definition) is 4. The first-order chi connectivity index (χ1) is 7.15. The molecule has 0 aliphatic carbocycles. The van der Waals surface area contributed by atoms with Crippen LogP contribution in [0, 0.1) is 11.3 Å². The van der Waals surface area contributed by atoms with E-state index in [9.17, 15) is 13.6 Å². The Bertz CT molecular complexity index is 427. The van der Waals surface area contributed by atoms with Crippen molar-refractivity contribution in [2.75, 3.05) is 7.11 Å². The SMILES string of the molecule is COc1cnc(C(F)F)c(C#N)c1C=O. The second-order valence-corrected chi connectivity index (χ2v) is 2.53. The average molecular weight is 212 g/mol. The third-order valence-corrected chi connectivity index (χ3v) is 1.77. The van der Waals surface area contributed by atoms with Crippen LogP contribution in [0.3, 0.4) is 0 Å². The third-order valence-electron chi connectivity index (χ3n) is 1.77. The van der Waals surface area contributed by atoms with E-state index in [2.05, 4.69) is 4.98 Å². The summed E-state index contributed by atoms with van der Waals surface area (Å²) in [4.78, 5) is 14.0. The van der Waals surface area contributed by atoms with E-state index >= 15 is 0 Å². The highest BCUT2D eigenvalue weighted by Gasteiger charge is 2.20. The highest BCUT2D eigenvalue weighted by atomic mass is 19.3. The van der Waals surface area contributed by atoms with E-state index < -0.39 is 17.7 Å². The van der Waals surface area contributed by atoms with Crippen LogP contribution in [-0.4, -0.2) is 18.4 Å². The van der Waals surface area contributed by atoms with Crippen molar-refractivity contribution in [3.8, 4) is 11.8 Å². The van der Waals surface area contributed by atoms with Crippen molar-refractivity contribution < 1.29 is 18.3 Å². The predicted molar refractivity (Wildman–Crippen MR) is 45.8 cm³/mol.